The van der Waals surface area contributed by atoms with Gasteiger partial charge in [0.25, 0.3) is 0 Å². The molecule has 2 rings (SSSR count). The number of rotatable bonds is 4. The summed E-state index contributed by atoms with van der Waals surface area (Å²) in [5.41, 5.74) is 1.34. The van der Waals surface area contributed by atoms with E-state index in [1.165, 1.54) is 31.2 Å². The summed E-state index contributed by atoms with van der Waals surface area (Å²) in [5, 5.41) is 3.60. The van der Waals surface area contributed by atoms with Crippen LogP contribution in [0.1, 0.15) is 38.2 Å². The maximum Gasteiger partial charge on any atom is 0.0320 e. The number of nitrogens with one attached hydrogen (secondary N) is 1. The highest BCUT2D eigenvalue weighted by atomic mass is 79.9. The molecule has 0 spiro atoms. The minimum absolute atomic E-state index is 0.882. The second-order valence-corrected chi connectivity index (χ2v) is 7.23. The van der Waals surface area contributed by atoms with Gasteiger partial charge >= 0.3 is 0 Å². The molecule has 1 saturated carbocycles. The summed E-state index contributed by atoms with van der Waals surface area (Å²) in [5.74, 6) is 1.81. The molecule has 0 heterocycles. The third-order valence-electron chi connectivity index (χ3n) is 3.79. The zero-order valence-corrected chi connectivity index (χ0v) is 14.1. The Labute approximate surface area is 127 Å². The summed E-state index contributed by atoms with van der Waals surface area (Å²) in [6.45, 7) is 4.52. The molecule has 0 saturated heterocycles. The van der Waals surface area contributed by atoms with Crippen LogP contribution in [0.2, 0.25) is 0 Å². The average Bonchev–Trinajstić information content (AvgIpc) is 2.34. The van der Waals surface area contributed by atoms with Gasteiger partial charge < -0.3 is 5.32 Å². The van der Waals surface area contributed by atoms with Crippen molar-refractivity contribution in [3.63, 3.8) is 0 Å². The Balaban J connectivity index is 1.76. The van der Waals surface area contributed by atoms with Crippen molar-refractivity contribution in [3.05, 3.63) is 32.7 Å². The first kappa shape index (κ1) is 14.5. The number of hydrogen-bond donors (Lipinski definition) is 1. The number of halogens is 2. The lowest BCUT2D eigenvalue weighted by Crippen LogP contribution is -2.26. The van der Waals surface area contributed by atoms with Gasteiger partial charge in [0.15, 0.2) is 0 Å². The van der Waals surface area contributed by atoms with Crippen LogP contribution in [0.3, 0.4) is 0 Å². The minimum atomic E-state index is 0.882. The van der Waals surface area contributed by atoms with Crippen molar-refractivity contribution < 1.29 is 0 Å². The summed E-state index contributed by atoms with van der Waals surface area (Å²) in [6, 6.07) is 6.45. The van der Waals surface area contributed by atoms with E-state index in [4.69, 9.17) is 0 Å². The first-order valence-electron chi connectivity index (χ1n) is 6.80. The normalized spacial score (nSPS) is 24.2. The van der Waals surface area contributed by atoms with Crippen molar-refractivity contribution in [1.29, 1.82) is 0 Å². The highest BCUT2D eigenvalue weighted by Gasteiger charge is 2.18. The van der Waals surface area contributed by atoms with Gasteiger partial charge in [0.05, 0.1) is 0 Å². The largest absolute Gasteiger partial charge is 0.312 e. The van der Waals surface area contributed by atoms with Crippen molar-refractivity contribution in [2.24, 2.45) is 11.8 Å². The lowest BCUT2D eigenvalue weighted by atomic mass is 9.82. The van der Waals surface area contributed by atoms with Crippen LogP contribution in [0, 0.1) is 11.8 Å². The summed E-state index contributed by atoms with van der Waals surface area (Å²) >= 11 is 7.05. The Morgan fingerprint density at radius 3 is 2.78 bits per heavy atom. The Hall–Kier alpha value is 0.140. The monoisotopic (exact) mass is 373 g/mol. The van der Waals surface area contributed by atoms with Gasteiger partial charge in [-0.2, -0.15) is 0 Å². The molecule has 1 N–H and O–H groups in total. The van der Waals surface area contributed by atoms with Gasteiger partial charge in [-0.1, -0.05) is 25.8 Å². The zero-order valence-electron chi connectivity index (χ0n) is 10.9. The third kappa shape index (κ3) is 4.36. The molecule has 0 bridgehead atoms. The molecule has 1 aliphatic rings. The Morgan fingerprint density at radius 1 is 1.22 bits per heavy atom. The van der Waals surface area contributed by atoms with E-state index >= 15 is 0 Å². The Bertz CT molecular complexity index is 392. The zero-order chi connectivity index (χ0) is 13.0. The molecule has 0 radical (unpaired) electrons. The van der Waals surface area contributed by atoms with Gasteiger partial charge in [-0.05, 0) is 80.8 Å². The fraction of sp³-hybridized carbons (Fsp3) is 0.600. The molecule has 1 aromatic carbocycles. The van der Waals surface area contributed by atoms with E-state index < -0.39 is 0 Å². The van der Waals surface area contributed by atoms with Crippen LogP contribution in [0.4, 0.5) is 0 Å². The fourth-order valence-electron chi connectivity index (χ4n) is 2.82. The average molecular weight is 375 g/mol. The Kier molecular flexibility index (Phi) is 5.71. The molecule has 2 atom stereocenters. The topological polar surface area (TPSA) is 12.0 Å². The molecular formula is C15H21Br2N. The van der Waals surface area contributed by atoms with Crippen molar-refractivity contribution in [2.75, 3.05) is 6.54 Å². The summed E-state index contributed by atoms with van der Waals surface area (Å²) in [7, 11) is 0. The smallest absolute Gasteiger partial charge is 0.0320 e. The lowest BCUT2D eigenvalue weighted by molar-refractivity contribution is 0.274. The first-order valence-corrected chi connectivity index (χ1v) is 8.38. The van der Waals surface area contributed by atoms with Gasteiger partial charge in [0, 0.05) is 15.5 Å². The van der Waals surface area contributed by atoms with Crippen LogP contribution < -0.4 is 5.32 Å². The van der Waals surface area contributed by atoms with E-state index in [1.54, 1.807) is 0 Å². The van der Waals surface area contributed by atoms with E-state index in [9.17, 15) is 0 Å². The van der Waals surface area contributed by atoms with Crippen molar-refractivity contribution in [1.82, 2.24) is 5.32 Å². The highest BCUT2D eigenvalue weighted by molar-refractivity contribution is 9.13. The summed E-state index contributed by atoms with van der Waals surface area (Å²) < 4.78 is 2.25. The maximum absolute atomic E-state index is 3.60. The SMILES string of the molecule is CC1CCCC(CNCc2ccc(Br)c(Br)c2)C1. The second-order valence-electron chi connectivity index (χ2n) is 5.52. The molecule has 0 amide bonds. The van der Waals surface area contributed by atoms with Crippen molar-refractivity contribution in [2.45, 2.75) is 39.2 Å². The molecule has 1 aromatic rings. The molecule has 1 fully saturated rings. The lowest BCUT2D eigenvalue weighted by Gasteiger charge is -2.26. The second kappa shape index (κ2) is 7.06. The third-order valence-corrected chi connectivity index (χ3v) is 5.67. The molecule has 0 aliphatic heterocycles. The number of hydrogen-bond acceptors (Lipinski definition) is 1. The maximum atomic E-state index is 3.60. The van der Waals surface area contributed by atoms with E-state index in [0.717, 1.165) is 33.9 Å². The van der Waals surface area contributed by atoms with Crippen LogP contribution >= 0.6 is 31.9 Å². The van der Waals surface area contributed by atoms with E-state index in [2.05, 4.69) is 62.3 Å². The van der Waals surface area contributed by atoms with E-state index in [1.807, 2.05) is 0 Å². The predicted molar refractivity (Wildman–Crippen MR) is 84.7 cm³/mol. The van der Waals surface area contributed by atoms with Gasteiger partial charge in [-0.25, -0.2) is 0 Å². The van der Waals surface area contributed by atoms with Gasteiger partial charge in [0.1, 0.15) is 0 Å². The minimum Gasteiger partial charge on any atom is -0.312 e. The fourth-order valence-corrected chi connectivity index (χ4v) is 3.49. The Morgan fingerprint density at radius 2 is 2.06 bits per heavy atom. The molecule has 0 aromatic heterocycles. The van der Waals surface area contributed by atoms with Crippen LogP contribution in [-0.4, -0.2) is 6.54 Å². The van der Waals surface area contributed by atoms with Gasteiger partial charge in [0.2, 0.25) is 0 Å². The molecule has 18 heavy (non-hydrogen) atoms. The van der Waals surface area contributed by atoms with Crippen molar-refractivity contribution in [3.8, 4) is 0 Å². The van der Waals surface area contributed by atoms with Crippen LogP contribution in [0.25, 0.3) is 0 Å². The predicted octanol–water partition coefficient (Wildman–Crippen LogP) is 5.13. The molecule has 3 heteroatoms. The molecule has 100 valence electrons. The van der Waals surface area contributed by atoms with Crippen LogP contribution in [-0.2, 0) is 6.54 Å². The summed E-state index contributed by atoms with van der Waals surface area (Å²) in [6.07, 6.45) is 5.64. The molecular weight excluding hydrogens is 354 g/mol. The summed E-state index contributed by atoms with van der Waals surface area (Å²) in [4.78, 5) is 0. The quantitative estimate of drug-likeness (QED) is 0.770. The molecule has 2 unspecified atom stereocenters. The van der Waals surface area contributed by atoms with Gasteiger partial charge in [-0.15, -0.1) is 0 Å². The van der Waals surface area contributed by atoms with Crippen LogP contribution in [0.15, 0.2) is 27.1 Å². The molecule has 1 nitrogen and oxygen atoms in total. The number of benzene rings is 1. The first-order chi connectivity index (χ1) is 8.65. The van der Waals surface area contributed by atoms with Crippen LogP contribution in [0.5, 0.6) is 0 Å². The van der Waals surface area contributed by atoms with Crippen molar-refractivity contribution >= 4 is 31.9 Å². The van der Waals surface area contributed by atoms with Gasteiger partial charge in [-0.3, -0.25) is 0 Å². The highest BCUT2D eigenvalue weighted by Crippen LogP contribution is 2.28. The van der Waals surface area contributed by atoms with E-state index in [-0.39, 0.29) is 0 Å². The standard InChI is InChI=1S/C15H21Br2N/c1-11-3-2-4-12(7-11)9-18-10-13-5-6-14(16)15(17)8-13/h5-6,8,11-12,18H,2-4,7,9-10H2,1H3. The molecule has 1 aliphatic carbocycles. The van der Waals surface area contributed by atoms with E-state index in [0.29, 0.717) is 0 Å².